The molecule has 0 fully saturated rings. The van der Waals surface area contributed by atoms with E-state index in [2.05, 4.69) is 10.4 Å². The van der Waals surface area contributed by atoms with Crippen molar-refractivity contribution < 1.29 is 14.0 Å². The van der Waals surface area contributed by atoms with Gasteiger partial charge >= 0.3 is 0 Å². The second kappa shape index (κ2) is 7.32. The molecule has 1 N–H and O–H groups in total. The molecule has 2 rings (SSSR count). The monoisotopic (exact) mass is 320 g/mol. The maximum atomic E-state index is 13.4. The van der Waals surface area contributed by atoms with Crippen LogP contribution in [0.25, 0.3) is 0 Å². The number of amides is 2. The fourth-order valence-electron chi connectivity index (χ4n) is 2.44. The maximum Gasteiger partial charge on any atom is 0.267 e. The lowest BCUT2D eigenvalue weighted by atomic mass is 10.1. The molecule has 1 atom stereocenters. The molecule has 1 aromatic rings. The Morgan fingerprint density at radius 1 is 1.43 bits per heavy atom. The third kappa shape index (κ3) is 4.35. The van der Waals surface area contributed by atoms with E-state index in [-0.39, 0.29) is 30.1 Å². The normalized spacial score (nSPS) is 16.3. The van der Waals surface area contributed by atoms with Crippen molar-refractivity contribution in [2.24, 2.45) is 5.10 Å². The van der Waals surface area contributed by atoms with Crippen LogP contribution >= 0.6 is 0 Å². The Morgan fingerprint density at radius 2 is 2.17 bits per heavy atom. The fourth-order valence-corrected chi connectivity index (χ4v) is 2.44. The van der Waals surface area contributed by atoms with Gasteiger partial charge in [0, 0.05) is 26.4 Å². The van der Waals surface area contributed by atoms with Gasteiger partial charge in [-0.25, -0.2) is 9.40 Å². The van der Waals surface area contributed by atoms with E-state index in [1.165, 1.54) is 24.2 Å². The van der Waals surface area contributed by atoms with Gasteiger partial charge in [0.1, 0.15) is 11.5 Å². The van der Waals surface area contributed by atoms with Crippen LogP contribution in [0.15, 0.2) is 29.4 Å². The third-order valence-electron chi connectivity index (χ3n) is 3.78. The summed E-state index contributed by atoms with van der Waals surface area (Å²) in [4.78, 5) is 25.5. The van der Waals surface area contributed by atoms with Crippen LogP contribution in [-0.2, 0) is 9.59 Å². The summed E-state index contributed by atoms with van der Waals surface area (Å²) in [7, 11) is 5.27. The van der Waals surface area contributed by atoms with E-state index in [9.17, 15) is 14.0 Å². The summed E-state index contributed by atoms with van der Waals surface area (Å²) < 4.78 is 13.4. The van der Waals surface area contributed by atoms with Crippen molar-refractivity contribution in [3.05, 3.63) is 35.6 Å². The lowest BCUT2D eigenvalue weighted by Crippen LogP contribution is -2.41. The molecule has 6 nitrogen and oxygen atoms in total. The highest BCUT2D eigenvalue weighted by Gasteiger charge is 2.23. The number of carbonyl (C=O) groups is 2. The lowest BCUT2D eigenvalue weighted by molar-refractivity contribution is -0.130. The number of hydrogen-bond donors (Lipinski definition) is 1. The second-order valence-corrected chi connectivity index (χ2v) is 5.71. The number of benzene rings is 1. The van der Waals surface area contributed by atoms with Crippen molar-refractivity contribution in [2.45, 2.75) is 18.9 Å². The van der Waals surface area contributed by atoms with Gasteiger partial charge in [0.2, 0.25) is 5.91 Å². The molecule has 0 unspecified atom stereocenters. The summed E-state index contributed by atoms with van der Waals surface area (Å²) in [5.74, 6) is -0.711. The second-order valence-electron chi connectivity index (χ2n) is 5.71. The van der Waals surface area contributed by atoms with Crippen molar-refractivity contribution in [3.8, 4) is 0 Å². The molecule has 23 heavy (non-hydrogen) atoms. The van der Waals surface area contributed by atoms with Gasteiger partial charge in [0.25, 0.3) is 5.91 Å². The predicted molar refractivity (Wildman–Crippen MR) is 85.3 cm³/mol. The van der Waals surface area contributed by atoms with E-state index in [0.29, 0.717) is 18.7 Å². The standard InChI is InChI=1S/C16H21FN4O2/c1-20(2)14(11-5-4-6-12(17)9-11)10-18-16(23)13-7-8-15(22)21(3)19-13/h4-6,9,14H,7-8,10H2,1-3H3,(H,18,23)/t14-/m0/s1. The minimum Gasteiger partial charge on any atom is -0.349 e. The van der Waals surface area contributed by atoms with Gasteiger partial charge in [0.15, 0.2) is 0 Å². The highest BCUT2D eigenvalue weighted by Crippen LogP contribution is 2.18. The molecule has 0 aliphatic carbocycles. The van der Waals surface area contributed by atoms with Gasteiger partial charge in [-0.15, -0.1) is 0 Å². The topological polar surface area (TPSA) is 65.0 Å². The van der Waals surface area contributed by atoms with Gasteiger partial charge in [-0.05, 0) is 31.8 Å². The summed E-state index contributed by atoms with van der Waals surface area (Å²) >= 11 is 0. The average molecular weight is 320 g/mol. The molecule has 2 amide bonds. The number of halogens is 1. The van der Waals surface area contributed by atoms with Crippen molar-refractivity contribution in [3.63, 3.8) is 0 Å². The first kappa shape index (κ1) is 17.1. The first-order valence-corrected chi connectivity index (χ1v) is 7.42. The van der Waals surface area contributed by atoms with Crippen molar-refractivity contribution in [1.82, 2.24) is 15.2 Å². The largest absolute Gasteiger partial charge is 0.349 e. The SMILES string of the molecule is CN1N=C(C(=O)NC[C@@H](c2cccc(F)c2)N(C)C)CCC1=O. The molecule has 0 saturated carbocycles. The summed E-state index contributed by atoms with van der Waals surface area (Å²) in [5.41, 5.74) is 1.12. The van der Waals surface area contributed by atoms with Gasteiger partial charge < -0.3 is 10.2 Å². The number of carbonyl (C=O) groups excluding carboxylic acids is 2. The number of rotatable bonds is 5. The molecule has 0 spiro atoms. The Balaban J connectivity index is 2.03. The third-order valence-corrected chi connectivity index (χ3v) is 3.78. The summed E-state index contributed by atoms with van der Waals surface area (Å²) in [6, 6.07) is 6.16. The molecule has 1 heterocycles. The van der Waals surface area contributed by atoms with Gasteiger partial charge in [-0.2, -0.15) is 5.10 Å². The quantitative estimate of drug-likeness (QED) is 0.885. The molecular weight excluding hydrogens is 299 g/mol. The van der Waals surface area contributed by atoms with Crippen molar-refractivity contribution in [1.29, 1.82) is 0 Å². The molecule has 1 aliphatic heterocycles. The molecular formula is C16H21FN4O2. The van der Waals surface area contributed by atoms with Crippen LogP contribution in [0.1, 0.15) is 24.4 Å². The average Bonchev–Trinajstić information content (AvgIpc) is 2.49. The van der Waals surface area contributed by atoms with Crippen LogP contribution in [0.2, 0.25) is 0 Å². The number of hydrogen-bond acceptors (Lipinski definition) is 4. The van der Waals surface area contributed by atoms with Crippen LogP contribution in [0.4, 0.5) is 4.39 Å². The van der Waals surface area contributed by atoms with E-state index in [1.54, 1.807) is 6.07 Å². The van der Waals surface area contributed by atoms with Gasteiger partial charge in [-0.3, -0.25) is 9.59 Å². The Hall–Kier alpha value is -2.28. The molecule has 7 heteroatoms. The summed E-state index contributed by atoms with van der Waals surface area (Å²) in [5, 5.41) is 7.99. The van der Waals surface area contributed by atoms with Crippen LogP contribution < -0.4 is 5.32 Å². The van der Waals surface area contributed by atoms with Crippen molar-refractivity contribution >= 4 is 17.5 Å². The van der Waals surface area contributed by atoms with Crippen LogP contribution in [-0.4, -0.2) is 55.1 Å². The maximum absolute atomic E-state index is 13.4. The van der Waals surface area contributed by atoms with E-state index in [4.69, 9.17) is 0 Å². The van der Waals surface area contributed by atoms with Gasteiger partial charge in [0.05, 0.1) is 6.04 Å². The molecule has 0 saturated heterocycles. The molecule has 1 aromatic carbocycles. The zero-order valence-electron chi connectivity index (χ0n) is 13.5. The lowest BCUT2D eigenvalue weighted by Gasteiger charge is -2.26. The predicted octanol–water partition coefficient (Wildman–Crippen LogP) is 1.15. The first-order valence-electron chi connectivity index (χ1n) is 7.42. The zero-order chi connectivity index (χ0) is 17.0. The molecule has 1 aliphatic rings. The van der Waals surface area contributed by atoms with Gasteiger partial charge in [-0.1, -0.05) is 12.1 Å². The highest BCUT2D eigenvalue weighted by molar-refractivity contribution is 6.39. The Kier molecular flexibility index (Phi) is 5.44. The van der Waals surface area contributed by atoms with E-state index < -0.39 is 0 Å². The molecule has 0 bridgehead atoms. The number of likely N-dealkylation sites (N-methyl/N-ethyl adjacent to an activating group) is 1. The summed E-state index contributed by atoms with van der Waals surface area (Å²) in [6.45, 7) is 0.325. The Bertz CT molecular complexity index is 630. The van der Waals surface area contributed by atoms with Crippen LogP contribution in [0, 0.1) is 5.82 Å². The first-order chi connectivity index (χ1) is 10.9. The number of nitrogens with one attached hydrogen (secondary N) is 1. The summed E-state index contributed by atoms with van der Waals surface area (Å²) in [6.07, 6.45) is 0.616. The van der Waals surface area contributed by atoms with Crippen molar-refractivity contribution in [2.75, 3.05) is 27.7 Å². The molecule has 0 radical (unpaired) electrons. The van der Waals surface area contributed by atoms with E-state index in [0.717, 1.165) is 5.56 Å². The van der Waals surface area contributed by atoms with Crippen LogP contribution in [0.3, 0.4) is 0 Å². The smallest absolute Gasteiger partial charge is 0.267 e. The van der Waals surface area contributed by atoms with E-state index >= 15 is 0 Å². The zero-order valence-corrected chi connectivity index (χ0v) is 13.5. The highest BCUT2D eigenvalue weighted by atomic mass is 19.1. The Labute approximate surface area is 134 Å². The minimum absolute atomic E-state index is 0.104. The van der Waals surface area contributed by atoms with E-state index in [1.807, 2.05) is 25.1 Å². The number of nitrogens with zero attached hydrogens (tertiary/aromatic N) is 3. The number of hydrazone groups is 1. The molecule has 124 valence electrons. The van der Waals surface area contributed by atoms with Crippen LogP contribution in [0.5, 0.6) is 0 Å². The Morgan fingerprint density at radius 3 is 2.78 bits per heavy atom. The minimum atomic E-state index is -0.308. The molecule has 0 aromatic heterocycles. The fraction of sp³-hybridized carbons (Fsp3) is 0.438.